The zero-order chi connectivity index (χ0) is 16.2. The Bertz CT molecular complexity index is 423. The van der Waals surface area contributed by atoms with Gasteiger partial charge in [-0.05, 0) is 24.9 Å². The lowest BCUT2D eigenvalue weighted by molar-refractivity contribution is 0.0948. The second-order valence-electron chi connectivity index (χ2n) is 5.48. The van der Waals surface area contributed by atoms with Crippen molar-refractivity contribution in [1.29, 1.82) is 0 Å². The van der Waals surface area contributed by atoms with Crippen LogP contribution >= 0.6 is 11.8 Å². The van der Waals surface area contributed by atoms with Gasteiger partial charge in [0.15, 0.2) is 5.69 Å². The number of nitrogens with one attached hydrogen (secondary N) is 1. The minimum absolute atomic E-state index is 0.180. The molecule has 0 saturated carbocycles. The number of nitrogens with zero attached hydrogens (tertiary/aromatic N) is 1. The zero-order valence-electron chi connectivity index (χ0n) is 13.8. The van der Waals surface area contributed by atoms with Crippen LogP contribution in [0.4, 0.5) is 0 Å². The van der Waals surface area contributed by atoms with Crippen molar-refractivity contribution in [2.75, 3.05) is 18.6 Å². The Morgan fingerprint density at radius 2 is 2.09 bits per heavy atom. The number of carbonyl (C=O) groups is 1. The Labute approximate surface area is 137 Å². The molecule has 0 aliphatic carbocycles. The number of carbonyl (C=O) groups excluding carboxylic acids is 1. The van der Waals surface area contributed by atoms with E-state index in [4.69, 9.17) is 10.2 Å². The van der Waals surface area contributed by atoms with Gasteiger partial charge in [-0.2, -0.15) is 11.8 Å². The fourth-order valence-corrected chi connectivity index (χ4v) is 2.62. The summed E-state index contributed by atoms with van der Waals surface area (Å²) in [6, 6.07) is -0.243. The molecular formula is C16H29N3O2S. The molecule has 5 nitrogen and oxygen atoms in total. The minimum atomic E-state index is -0.243. The van der Waals surface area contributed by atoms with Crippen molar-refractivity contribution in [3.05, 3.63) is 17.8 Å². The molecule has 0 aliphatic rings. The van der Waals surface area contributed by atoms with E-state index in [0.717, 1.165) is 25.0 Å². The topological polar surface area (TPSA) is 81.2 Å². The molecule has 22 heavy (non-hydrogen) atoms. The smallest absolute Gasteiger partial charge is 0.273 e. The molecule has 0 saturated heterocycles. The number of aromatic nitrogens is 1. The summed E-state index contributed by atoms with van der Waals surface area (Å²) in [5.41, 5.74) is 6.29. The maximum absolute atomic E-state index is 12.0. The fraction of sp³-hybridized carbons (Fsp3) is 0.750. The molecule has 1 rings (SSSR count). The fourth-order valence-electron chi connectivity index (χ4n) is 2.13. The average Bonchev–Trinajstić information content (AvgIpc) is 3.01. The van der Waals surface area contributed by atoms with Gasteiger partial charge in [0.2, 0.25) is 5.89 Å². The summed E-state index contributed by atoms with van der Waals surface area (Å²) < 4.78 is 5.31. The summed E-state index contributed by atoms with van der Waals surface area (Å²) >= 11 is 1.73. The SMILES string of the molecule is CCCCCCCCNC(=O)c1coc(C(N)CCSC)n1. The van der Waals surface area contributed by atoms with E-state index in [0.29, 0.717) is 18.1 Å². The molecule has 1 aromatic rings. The molecule has 1 heterocycles. The number of hydrogen-bond donors (Lipinski definition) is 2. The lowest BCUT2D eigenvalue weighted by Crippen LogP contribution is -2.25. The molecule has 0 bridgehead atoms. The molecule has 0 aromatic carbocycles. The van der Waals surface area contributed by atoms with Crippen LogP contribution in [-0.4, -0.2) is 29.4 Å². The molecule has 1 atom stereocenters. The van der Waals surface area contributed by atoms with E-state index in [1.165, 1.54) is 31.9 Å². The van der Waals surface area contributed by atoms with Gasteiger partial charge in [-0.1, -0.05) is 39.0 Å². The molecule has 0 fully saturated rings. The summed E-state index contributed by atoms with van der Waals surface area (Å²) in [7, 11) is 0. The van der Waals surface area contributed by atoms with E-state index >= 15 is 0 Å². The summed E-state index contributed by atoms with van der Waals surface area (Å²) in [4.78, 5) is 16.1. The van der Waals surface area contributed by atoms with Crippen LogP contribution < -0.4 is 11.1 Å². The van der Waals surface area contributed by atoms with E-state index in [9.17, 15) is 4.79 Å². The number of hydrogen-bond acceptors (Lipinski definition) is 5. The van der Waals surface area contributed by atoms with E-state index in [1.54, 1.807) is 11.8 Å². The number of nitrogens with two attached hydrogens (primary N) is 1. The Morgan fingerprint density at radius 1 is 1.36 bits per heavy atom. The van der Waals surface area contributed by atoms with Crippen LogP contribution in [0.15, 0.2) is 10.7 Å². The van der Waals surface area contributed by atoms with Crippen molar-refractivity contribution in [2.45, 2.75) is 57.9 Å². The zero-order valence-corrected chi connectivity index (χ0v) is 14.6. The van der Waals surface area contributed by atoms with Crippen LogP contribution in [0.2, 0.25) is 0 Å². The van der Waals surface area contributed by atoms with Gasteiger partial charge in [0, 0.05) is 6.54 Å². The Kier molecular flexibility index (Phi) is 9.99. The highest BCUT2D eigenvalue weighted by molar-refractivity contribution is 7.98. The maximum atomic E-state index is 12.0. The quantitative estimate of drug-likeness (QED) is 0.574. The van der Waals surface area contributed by atoms with Gasteiger partial charge in [0.25, 0.3) is 5.91 Å². The third-order valence-electron chi connectivity index (χ3n) is 3.52. The number of oxazole rings is 1. The Morgan fingerprint density at radius 3 is 2.82 bits per heavy atom. The first-order chi connectivity index (χ1) is 10.7. The molecule has 126 valence electrons. The average molecular weight is 327 g/mol. The van der Waals surface area contributed by atoms with Crippen molar-refractivity contribution >= 4 is 17.7 Å². The van der Waals surface area contributed by atoms with Gasteiger partial charge < -0.3 is 15.5 Å². The van der Waals surface area contributed by atoms with Crippen molar-refractivity contribution in [2.24, 2.45) is 5.73 Å². The standard InChI is InChI=1S/C16H29N3O2S/c1-3-4-5-6-7-8-10-18-15(20)14-12-21-16(19-14)13(17)9-11-22-2/h12-13H,3-11,17H2,1-2H3,(H,18,20). The van der Waals surface area contributed by atoms with Crippen LogP contribution in [0.3, 0.4) is 0 Å². The van der Waals surface area contributed by atoms with Gasteiger partial charge in [0.1, 0.15) is 6.26 Å². The molecule has 0 spiro atoms. The predicted molar refractivity (Wildman–Crippen MR) is 92.1 cm³/mol. The molecule has 1 aromatic heterocycles. The largest absolute Gasteiger partial charge is 0.446 e. The van der Waals surface area contributed by atoms with Gasteiger partial charge in [-0.25, -0.2) is 4.98 Å². The molecular weight excluding hydrogens is 298 g/mol. The molecule has 3 N–H and O–H groups in total. The number of amides is 1. The lowest BCUT2D eigenvalue weighted by atomic mass is 10.1. The van der Waals surface area contributed by atoms with Crippen molar-refractivity contribution in [1.82, 2.24) is 10.3 Å². The van der Waals surface area contributed by atoms with Crippen molar-refractivity contribution in [3.8, 4) is 0 Å². The van der Waals surface area contributed by atoms with Gasteiger partial charge >= 0.3 is 0 Å². The van der Waals surface area contributed by atoms with Crippen LogP contribution in [0.5, 0.6) is 0 Å². The van der Waals surface area contributed by atoms with Crippen LogP contribution in [0, 0.1) is 0 Å². The first-order valence-corrected chi connectivity index (χ1v) is 9.56. The van der Waals surface area contributed by atoms with Gasteiger partial charge in [-0.15, -0.1) is 0 Å². The van der Waals surface area contributed by atoms with E-state index in [1.807, 2.05) is 6.26 Å². The van der Waals surface area contributed by atoms with Gasteiger partial charge in [0.05, 0.1) is 6.04 Å². The Hall–Kier alpha value is -1.01. The van der Waals surface area contributed by atoms with E-state index in [2.05, 4.69) is 17.2 Å². The Balaban J connectivity index is 2.24. The number of thioether (sulfide) groups is 1. The second kappa shape index (κ2) is 11.5. The third kappa shape index (κ3) is 7.31. The molecule has 1 unspecified atom stereocenters. The van der Waals surface area contributed by atoms with E-state index < -0.39 is 0 Å². The lowest BCUT2D eigenvalue weighted by Gasteiger charge is -2.05. The predicted octanol–water partition coefficient (Wildman–Crippen LogP) is 3.52. The first kappa shape index (κ1) is 19.0. The highest BCUT2D eigenvalue weighted by Gasteiger charge is 2.16. The summed E-state index contributed by atoms with van der Waals surface area (Å²) in [6.45, 7) is 2.89. The monoisotopic (exact) mass is 327 g/mol. The van der Waals surface area contributed by atoms with Crippen LogP contribution in [0.1, 0.15) is 74.3 Å². The van der Waals surface area contributed by atoms with Crippen LogP contribution in [-0.2, 0) is 0 Å². The van der Waals surface area contributed by atoms with Gasteiger partial charge in [-0.3, -0.25) is 4.79 Å². The molecule has 6 heteroatoms. The second-order valence-corrected chi connectivity index (χ2v) is 6.47. The number of rotatable bonds is 12. The van der Waals surface area contributed by atoms with E-state index in [-0.39, 0.29) is 11.9 Å². The normalized spacial score (nSPS) is 12.3. The van der Waals surface area contributed by atoms with Crippen molar-refractivity contribution in [3.63, 3.8) is 0 Å². The highest BCUT2D eigenvalue weighted by atomic mass is 32.2. The summed E-state index contributed by atoms with van der Waals surface area (Å²) in [6.07, 6.45) is 11.5. The number of unbranched alkanes of at least 4 members (excludes halogenated alkanes) is 5. The minimum Gasteiger partial charge on any atom is -0.446 e. The summed E-state index contributed by atoms with van der Waals surface area (Å²) in [5, 5.41) is 2.88. The third-order valence-corrected chi connectivity index (χ3v) is 4.16. The van der Waals surface area contributed by atoms with Crippen molar-refractivity contribution < 1.29 is 9.21 Å². The molecule has 0 radical (unpaired) electrons. The summed E-state index contributed by atoms with van der Waals surface area (Å²) in [5.74, 6) is 1.21. The highest BCUT2D eigenvalue weighted by Crippen LogP contribution is 2.15. The first-order valence-electron chi connectivity index (χ1n) is 8.17. The molecule has 1 amide bonds. The van der Waals surface area contributed by atoms with Crippen LogP contribution in [0.25, 0.3) is 0 Å². The molecule has 0 aliphatic heterocycles. The maximum Gasteiger partial charge on any atom is 0.273 e.